The van der Waals surface area contributed by atoms with Crippen LogP contribution in [-0.4, -0.2) is 137 Å². The van der Waals surface area contributed by atoms with E-state index in [1.165, 1.54) is 141 Å². The van der Waals surface area contributed by atoms with Crippen molar-refractivity contribution in [3.8, 4) is 0 Å². The molecule has 0 spiro atoms. The first-order chi connectivity index (χ1) is 51.5. The van der Waals surface area contributed by atoms with Crippen LogP contribution in [0.4, 0.5) is 4.79 Å². The van der Waals surface area contributed by atoms with Crippen molar-refractivity contribution in [3.05, 3.63) is 0 Å². The highest BCUT2D eigenvalue weighted by Gasteiger charge is 2.38. The third-order valence-electron chi connectivity index (χ3n) is 24.9. The molecule has 10 aliphatic rings. The summed E-state index contributed by atoms with van der Waals surface area (Å²) in [6.07, 6.45) is 40.5. The molecule has 1 N–H and O–H groups in total. The van der Waals surface area contributed by atoms with Crippen LogP contribution in [0, 0.1) is 94.7 Å². The molecule has 4 heterocycles. The molecule has 4 aliphatic heterocycles. The third kappa shape index (κ3) is 44.1. The summed E-state index contributed by atoms with van der Waals surface area (Å²) in [6.45, 7) is 71.9. The lowest BCUT2D eigenvalue weighted by atomic mass is 9.75. The van der Waals surface area contributed by atoms with E-state index in [1.54, 1.807) is 4.90 Å². The van der Waals surface area contributed by atoms with Gasteiger partial charge in [-0.15, -0.1) is 0 Å². The zero-order valence-electron chi connectivity index (χ0n) is 78.1. The quantitative estimate of drug-likeness (QED) is 0.231. The molecule has 108 heavy (non-hydrogen) atoms. The van der Waals surface area contributed by atoms with Crippen LogP contribution >= 0.6 is 0 Å². The van der Waals surface area contributed by atoms with Crippen molar-refractivity contribution in [2.75, 3.05) is 58.9 Å². The van der Waals surface area contributed by atoms with Crippen molar-refractivity contribution in [2.24, 2.45) is 94.7 Å². The number of likely N-dealkylation sites (tertiary alicyclic amines) is 2. The van der Waals surface area contributed by atoms with Gasteiger partial charge in [-0.1, -0.05) is 192 Å². The van der Waals surface area contributed by atoms with Gasteiger partial charge in [0.1, 0.15) is 5.60 Å². The number of hydrogen-bond donors (Lipinski definition) is 1. The van der Waals surface area contributed by atoms with E-state index < -0.39 is 5.60 Å². The van der Waals surface area contributed by atoms with Crippen molar-refractivity contribution in [2.45, 2.75) is 437 Å². The molecule has 10 fully saturated rings. The Labute approximate surface area is 675 Å². The molecular formula is C96H192N6O6. The Morgan fingerprint density at radius 2 is 0.648 bits per heavy atom. The molecule has 12 nitrogen and oxygen atoms in total. The van der Waals surface area contributed by atoms with Crippen LogP contribution in [0.2, 0.25) is 0 Å². The Hall–Kier alpha value is -2.89. The van der Waals surface area contributed by atoms with Gasteiger partial charge in [-0.05, 0) is 292 Å². The smallest absolute Gasteiger partial charge is 0.410 e. The molecule has 0 unspecified atom stereocenters. The minimum absolute atomic E-state index is 0.0584. The summed E-state index contributed by atoms with van der Waals surface area (Å²) in [5.74, 6) is 13.9. The largest absolute Gasteiger partial charge is 0.444 e. The van der Waals surface area contributed by atoms with Gasteiger partial charge in [-0.3, -0.25) is 19.2 Å². The average Bonchev–Trinajstić information content (AvgIpc) is 0.822. The number of piperidine rings is 2. The number of rotatable bonds is 10. The first-order valence-electron chi connectivity index (χ1n) is 47.4. The average molecular weight is 1530 g/mol. The summed E-state index contributed by atoms with van der Waals surface area (Å²) in [4.78, 5) is 71.9. The maximum Gasteiger partial charge on any atom is 0.410 e. The monoisotopic (exact) mass is 1530 g/mol. The molecular weight excluding hydrogens is 1330 g/mol. The number of nitrogens with zero attached hydrogens (tertiary/aromatic N) is 5. The Kier molecular flexibility index (Phi) is 62.0. The highest BCUT2D eigenvalue weighted by atomic mass is 16.6. The Bertz CT molecular complexity index is 2130. The topological polar surface area (TPSA) is 123 Å². The predicted molar refractivity (Wildman–Crippen MR) is 471 cm³/mol. The van der Waals surface area contributed by atoms with Gasteiger partial charge in [0.05, 0.1) is 0 Å². The van der Waals surface area contributed by atoms with Gasteiger partial charge < -0.3 is 34.6 Å². The summed E-state index contributed by atoms with van der Waals surface area (Å²) in [7, 11) is 0. The van der Waals surface area contributed by atoms with Gasteiger partial charge in [0.25, 0.3) is 0 Å². The van der Waals surface area contributed by atoms with Gasteiger partial charge in [-0.2, -0.15) is 0 Å². The number of nitrogens with one attached hydrogen (secondary N) is 1. The second kappa shape index (κ2) is 62.5. The molecule has 10 rings (SSSR count). The van der Waals surface area contributed by atoms with Crippen molar-refractivity contribution in [1.29, 1.82) is 0 Å². The summed E-state index contributed by atoms with van der Waals surface area (Å²) in [6, 6.07) is 1.00. The molecule has 0 radical (unpaired) electrons. The third-order valence-corrected chi connectivity index (χ3v) is 24.9. The van der Waals surface area contributed by atoms with E-state index in [0.717, 1.165) is 174 Å². The Morgan fingerprint density at radius 1 is 0.333 bits per heavy atom. The van der Waals surface area contributed by atoms with E-state index in [9.17, 15) is 24.0 Å². The summed E-state index contributed by atoms with van der Waals surface area (Å²) >= 11 is 0. The van der Waals surface area contributed by atoms with Gasteiger partial charge in [0.15, 0.2) is 0 Å². The van der Waals surface area contributed by atoms with Crippen LogP contribution in [-0.2, 0) is 23.9 Å². The number of carbonyl (C=O) groups excluding carboxylic acids is 5. The van der Waals surface area contributed by atoms with E-state index >= 15 is 0 Å². The van der Waals surface area contributed by atoms with Crippen LogP contribution < -0.4 is 5.32 Å². The Morgan fingerprint density at radius 3 is 0.963 bits per heavy atom. The molecule has 4 saturated heterocycles. The first-order valence-corrected chi connectivity index (χ1v) is 47.4. The molecule has 0 aromatic carbocycles. The number of piperazine rings is 2. The van der Waals surface area contributed by atoms with Crippen LogP contribution in [0.3, 0.4) is 0 Å². The maximum absolute atomic E-state index is 12.8. The van der Waals surface area contributed by atoms with E-state index in [4.69, 9.17) is 4.74 Å². The lowest BCUT2D eigenvalue weighted by molar-refractivity contribution is -0.141. The summed E-state index contributed by atoms with van der Waals surface area (Å²) in [5, 5.41) is 3.38. The summed E-state index contributed by atoms with van der Waals surface area (Å²) in [5.41, 5.74) is -0.480. The van der Waals surface area contributed by atoms with E-state index in [0.29, 0.717) is 67.2 Å². The fourth-order valence-corrected chi connectivity index (χ4v) is 18.0. The van der Waals surface area contributed by atoms with Gasteiger partial charge in [0.2, 0.25) is 23.6 Å². The fourth-order valence-electron chi connectivity index (χ4n) is 18.0. The molecule has 0 bridgehead atoms. The Balaban J connectivity index is 0. The van der Waals surface area contributed by atoms with E-state index in [1.807, 2.05) is 116 Å². The van der Waals surface area contributed by atoms with Crippen molar-refractivity contribution < 1.29 is 28.7 Å². The fraction of sp³-hybridized carbons (Fsp3) is 0.948. The van der Waals surface area contributed by atoms with E-state index in [-0.39, 0.29) is 24.0 Å². The maximum atomic E-state index is 12.8. The second-order valence-electron chi connectivity index (χ2n) is 36.3. The molecule has 5 amide bonds. The first kappa shape index (κ1) is 107. The standard InChI is InChI=1S/C18H32N2O3.C14H25NO.C13H24N2O.C13H23NO.2C13H26.6C2H6/c1-13-6-8-15(9-7-13)16(21)20-11-10-19(12-14(20)2)17(22)23-18(3,4)5;1-11-6-8-13(9-7-11)14(16)15-10-4-3-5-12(15)2;1-10-3-5-12(6-4-10)13(16)15-8-7-14-11(2)9-15;1-11-5-7-12(8-6-11)13(15)14-9-3-2-4-10-14;2*1-10(2)9-12(4)13-7-5-11(3)6-8-13;6*1-2/h13-15H,6-12H2,1-5H3;11-13H,3-10H2,1-2H3;10-12,14H,3-9H2,1-2H3;11-12H,2-10H2,1H3;2*10-13H,5-9H2,1-4H3;6*1-2H3/t13?,14-,15?;11?,12-,13?;10?,11-,12?;;2*11?,12-,13?;;;;;;/m110.10....../s1. The lowest BCUT2D eigenvalue weighted by Crippen LogP contribution is -2.57. The highest BCUT2D eigenvalue weighted by molar-refractivity contribution is 5.81. The van der Waals surface area contributed by atoms with Gasteiger partial charge in [-0.25, -0.2) is 4.79 Å². The molecule has 0 aromatic heterocycles. The predicted octanol–water partition coefficient (Wildman–Crippen LogP) is 26.1. The molecule has 642 valence electrons. The number of carbonyl (C=O) groups is 5. The molecule has 6 saturated carbocycles. The molecule has 6 aliphatic carbocycles. The van der Waals surface area contributed by atoms with Crippen molar-refractivity contribution >= 4 is 29.7 Å². The van der Waals surface area contributed by atoms with Crippen LogP contribution in [0.1, 0.15) is 413 Å². The minimum Gasteiger partial charge on any atom is -0.444 e. The number of hydrogen-bond acceptors (Lipinski definition) is 7. The van der Waals surface area contributed by atoms with Crippen LogP contribution in [0.5, 0.6) is 0 Å². The normalized spacial score (nSPS) is 29.6. The highest BCUT2D eigenvalue weighted by Crippen LogP contribution is 2.39. The molecule has 12 heteroatoms. The minimum atomic E-state index is -0.480. The summed E-state index contributed by atoms with van der Waals surface area (Å²) < 4.78 is 5.43. The number of amides is 5. The van der Waals surface area contributed by atoms with Crippen molar-refractivity contribution in [1.82, 2.24) is 29.8 Å². The van der Waals surface area contributed by atoms with Crippen LogP contribution in [0.25, 0.3) is 0 Å². The second-order valence-corrected chi connectivity index (χ2v) is 36.3. The molecule has 5 atom stereocenters. The zero-order chi connectivity index (χ0) is 82.6. The van der Waals surface area contributed by atoms with Gasteiger partial charge >= 0.3 is 6.09 Å². The van der Waals surface area contributed by atoms with Crippen molar-refractivity contribution in [3.63, 3.8) is 0 Å². The number of ether oxygens (including phenoxy) is 1. The lowest BCUT2D eigenvalue weighted by Gasteiger charge is -2.42. The van der Waals surface area contributed by atoms with Crippen LogP contribution in [0.15, 0.2) is 0 Å². The SMILES string of the molecule is CC.CC.CC.CC.CC.CC.CC(C)C[C@@H](C)C1CCC(C)CC1.CC(C)C[C@H](C)C1CCC(C)CC1.CC1CCC(C(=O)N2CCCCC2)CC1.CC1CCC(C(=O)N2CCCC[C@H]2C)CC1.CC1CCC(C(=O)N2CCN(C(=O)OC(C)(C)C)C[C@H]2C)CC1.CC1CCC(C(=O)N2CCN[C@@H](C)C2)CC1. The zero-order valence-corrected chi connectivity index (χ0v) is 78.1. The van der Waals surface area contributed by atoms with E-state index in [2.05, 4.69) is 117 Å². The van der Waals surface area contributed by atoms with Gasteiger partial charge in [0, 0.05) is 101 Å². The molecule has 0 aromatic rings.